The van der Waals surface area contributed by atoms with Gasteiger partial charge in [-0.25, -0.2) is 0 Å². The highest BCUT2D eigenvalue weighted by molar-refractivity contribution is 9.10. The maximum absolute atomic E-state index is 11.8. The molecule has 1 aliphatic rings. The standard InChI is InChI=1S/C21H24BrNO3/c1-5-25-16-10-11-18-17(12-16)20(26-13(2)24)21(3,4)19(23-18)14-6-8-15(22)9-7-14/h6-12,19-20,23H,5H2,1-4H3/t19-,20-/m0/s1. The summed E-state index contributed by atoms with van der Waals surface area (Å²) in [5.41, 5.74) is 2.71. The summed E-state index contributed by atoms with van der Waals surface area (Å²) in [6, 6.07) is 14.2. The highest BCUT2D eigenvalue weighted by Crippen LogP contribution is 2.53. The summed E-state index contributed by atoms with van der Waals surface area (Å²) < 4.78 is 12.5. The number of fused-ring (bicyclic) bond motifs is 1. The third-order valence-corrected chi connectivity index (χ3v) is 5.35. The summed E-state index contributed by atoms with van der Waals surface area (Å²) >= 11 is 3.49. The molecule has 4 nitrogen and oxygen atoms in total. The fraction of sp³-hybridized carbons (Fsp3) is 0.381. The van der Waals surface area contributed by atoms with Crippen molar-refractivity contribution in [3.05, 3.63) is 58.1 Å². The molecule has 0 saturated heterocycles. The molecule has 0 radical (unpaired) electrons. The Hall–Kier alpha value is -2.01. The van der Waals surface area contributed by atoms with E-state index >= 15 is 0 Å². The van der Waals surface area contributed by atoms with Gasteiger partial charge in [0, 0.05) is 28.1 Å². The quantitative estimate of drug-likeness (QED) is 0.653. The summed E-state index contributed by atoms with van der Waals surface area (Å²) in [4.78, 5) is 11.8. The zero-order valence-corrected chi connectivity index (χ0v) is 17.1. The van der Waals surface area contributed by atoms with Gasteiger partial charge >= 0.3 is 5.97 Å². The van der Waals surface area contributed by atoms with Crippen LogP contribution in [0.1, 0.15) is 51.0 Å². The van der Waals surface area contributed by atoms with Crippen molar-refractivity contribution >= 4 is 27.6 Å². The maximum atomic E-state index is 11.8. The average molecular weight is 418 g/mol. The summed E-state index contributed by atoms with van der Waals surface area (Å²) in [7, 11) is 0. The second-order valence-electron chi connectivity index (χ2n) is 7.12. The lowest BCUT2D eigenvalue weighted by Crippen LogP contribution is -2.40. The van der Waals surface area contributed by atoms with Crippen molar-refractivity contribution in [3.63, 3.8) is 0 Å². The molecular weight excluding hydrogens is 394 g/mol. The molecule has 2 aromatic rings. The van der Waals surface area contributed by atoms with E-state index in [-0.39, 0.29) is 23.5 Å². The number of carbonyl (C=O) groups excluding carboxylic acids is 1. The van der Waals surface area contributed by atoms with Crippen LogP contribution >= 0.6 is 15.9 Å². The lowest BCUT2D eigenvalue weighted by atomic mass is 9.70. The first-order valence-corrected chi connectivity index (χ1v) is 9.58. The van der Waals surface area contributed by atoms with Crippen LogP contribution in [0.25, 0.3) is 0 Å². The van der Waals surface area contributed by atoms with Gasteiger partial charge in [0.05, 0.1) is 12.6 Å². The molecule has 26 heavy (non-hydrogen) atoms. The van der Waals surface area contributed by atoms with Crippen molar-refractivity contribution in [1.29, 1.82) is 0 Å². The van der Waals surface area contributed by atoms with Gasteiger partial charge in [0.25, 0.3) is 0 Å². The third kappa shape index (κ3) is 3.58. The fourth-order valence-corrected chi connectivity index (χ4v) is 3.85. The Bertz CT molecular complexity index is 801. The molecule has 3 rings (SSSR count). The van der Waals surface area contributed by atoms with E-state index in [1.165, 1.54) is 6.92 Å². The first-order valence-electron chi connectivity index (χ1n) is 8.79. The van der Waals surface area contributed by atoms with Crippen LogP contribution in [-0.4, -0.2) is 12.6 Å². The first-order chi connectivity index (χ1) is 12.3. The molecule has 0 amide bonds. The molecule has 0 aliphatic carbocycles. The number of rotatable bonds is 4. The molecule has 5 heteroatoms. The number of ether oxygens (including phenoxy) is 2. The second-order valence-corrected chi connectivity index (χ2v) is 8.04. The zero-order valence-electron chi connectivity index (χ0n) is 15.5. The van der Waals surface area contributed by atoms with Crippen molar-refractivity contribution in [2.45, 2.75) is 39.8 Å². The van der Waals surface area contributed by atoms with E-state index in [0.29, 0.717) is 6.61 Å². The van der Waals surface area contributed by atoms with Crippen molar-refractivity contribution in [1.82, 2.24) is 0 Å². The molecule has 0 bridgehead atoms. The van der Waals surface area contributed by atoms with E-state index in [2.05, 4.69) is 47.2 Å². The number of esters is 1. The maximum Gasteiger partial charge on any atom is 0.303 e. The highest BCUT2D eigenvalue weighted by Gasteiger charge is 2.46. The second kappa shape index (κ2) is 7.31. The molecular formula is C21H24BrNO3. The largest absolute Gasteiger partial charge is 0.494 e. The van der Waals surface area contributed by atoms with Crippen molar-refractivity contribution in [2.75, 3.05) is 11.9 Å². The zero-order chi connectivity index (χ0) is 18.9. The molecule has 0 fully saturated rings. The Balaban J connectivity index is 2.08. The predicted molar refractivity (Wildman–Crippen MR) is 106 cm³/mol. The molecule has 2 aromatic carbocycles. The van der Waals surface area contributed by atoms with Gasteiger partial charge in [0.2, 0.25) is 0 Å². The topological polar surface area (TPSA) is 47.6 Å². The Kier molecular flexibility index (Phi) is 5.28. The Morgan fingerprint density at radius 1 is 1.19 bits per heavy atom. The molecule has 1 aliphatic heterocycles. The van der Waals surface area contributed by atoms with Crippen LogP contribution in [-0.2, 0) is 9.53 Å². The third-order valence-electron chi connectivity index (χ3n) is 4.82. The minimum absolute atomic E-state index is 0.00499. The summed E-state index contributed by atoms with van der Waals surface area (Å²) in [5, 5.41) is 3.63. The van der Waals surface area contributed by atoms with Crippen LogP contribution in [0.3, 0.4) is 0 Å². The minimum atomic E-state index is -0.370. The molecule has 0 saturated carbocycles. The predicted octanol–water partition coefficient (Wildman–Crippen LogP) is 5.65. The lowest BCUT2D eigenvalue weighted by Gasteiger charge is -2.46. The number of hydrogen-bond donors (Lipinski definition) is 1. The van der Waals surface area contributed by atoms with Crippen LogP contribution in [0.2, 0.25) is 0 Å². The molecule has 1 heterocycles. The Morgan fingerprint density at radius 2 is 1.88 bits per heavy atom. The normalized spacial score (nSPS) is 20.7. The number of anilines is 1. The van der Waals surface area contributed by atoms with Gasteiger partial charge in [0.1, 0.15) is 11.9 Å². The summed E-state index contributed by atoms with van der Waals surface area (Å²) in [5.74, 6) is 0.496. The Labute approximate surface area is 163 Å². The SMILES string of the molecule is CCOc1ccc2c(c1)[C@H](OC(C)=O)C(C)(C)[C@H](c1ccc(Br)cc1)N2. The van der Waals surface area contributed by atoms with Crippen LogP contribution in [0.4, 0.5) is 5.69 Å². The number of halogens is 1. The fourth-order valence-electron chi connectivity index (χ4n) is 3.59. The van der Waals surface area contributed by atoms with E-state index in [9.17, 15) is 4.79 Å². The van der Waals surface area contributed by atoms with Crippen molar-refractivity contribution in [2.24, 2.45) is 5.41 Å². The number of nitrogens with one attached hydrogen (secondary N) is 1. The van der Waals surface area contributed by atoms with Crippen molar-refractivity contribution < 1.29 is 14.3 Å². The van der Waals surface area contributed by atoms with Gasteiger partial charge in [-0.2, -0.15) is 0 Å². The smallest absolute Gasteiger partial charge is 0.303 e. The molecule has 0 spiro atoms. The van der Waals surface area contributed by atoms with E-state index in [1.807, 2.05) is 37.3 Å². The average Bonchev–Trinajstić information content (AvgIpc) is 2.58. The number of carbonyl (C=O) groups is 1. The number of benzene rings is 2. The first kappa shape index (κ1) is 18.8. The van der Waals surface area contributed by atoms with E-state index < -0.39 is 0 Å². The van der Waals surface area contributed by atoms with Gasteiger partial charge in [-0.05, 0) is 42.8 Å². The molecule has 0 aromatic heterocycles. The lowest BCUT2D eigenvalue weighted by molar-refractivity contribution is -0.154. The monoisotopic (exact) mass is 417 g/mol. The van der Waals surface area contributed by atoms with Crippen LogP contribution in [0.5, 0.6) is 5.75 Å². The molecule has 0 unspecified atom stereocenters. The van der Waals surface area contributed by atoms with E-state index in [0.717, 1.165) is 27.0 Å². The van der Waals surface area contributed by atoms with Gasteiger partial charge in [-0.15, -0.1) is 0 Å². The van der Waals surface area contributed by atoms with Crippen molar-refractivity contribution in [3.8, 4) is 5.75 Å². The molecule has 2 atom stereocenters. The van der Waals surface area contributed by atoms with Crippen LogP contribution < -0.4 is 10.1 Å². The van der Waals surface area contributed by atoms with Gasteiger partial charge in [-0.3, -0.25) is 4.79 Å². The highest BCUT2D eigenvalue weighted by atomic mass is 79.9. The van der Waals surface area contributed by atoms with Gasteiger partial charge in [0.15, 0.2) is 0 Å². The summed E-state index contributed by atoms with van der Waals surface area (Å²) in [6.45, 7) is 8.25. The van der Waals surface area contributed by atoms with Crippen LogP contribution in [0, 0.1) is 5.41 Å². The van der Waals surface area contributed by atoms with Gasteiger partial charge < -0.3 is 14.8 Å². The summed E-state index contributed by atoms with van der Waals surface area (Å²) in [6.07, 6.45) is -0.370. The minimum Gasteiger partial charge on any atom is -0.494 e. The molecule has 1 N–H and O–H groups in total. The molecule has 138 valence electrons. The number of hydrogen-bond acceptors (Lipinski definition) is 4. The van der Waals surface area contributed by atoms with Crippen LogP contribution in [0.15, 0.2) is 46.9 Å². The van der Waals surface area contributed by atoms with E-state index in [4.69, 9.17) is 9.47 Å². The van der Waals surface area contributed by atoms with E-state index in [1.54, 1.807) is 0 Å². The van der Waals surface area contributed by atoms with Gasteiger partial charge in [-0.1, -0.05) is 41.9 Å². The Morgan fingerprint density at radius 3 is 2.50 bits per heavy atom.